The van der Waals surface area contributed by atoms with Crippen molar-refractivity contribution in [3.63, 3.8) is 0 Å². The first-order chi connectivity index (χ1) is 7.50. The largest absolute Gasteiger partial charge is 0.274 e. The standard InChI is InChI=1S/C10H17N3O2S/c1-9-4-3-5-13(7-9)16(14,15)10-6-11-12(2)8-10/h6,8-9H,3-5,7H2,1-2H3. The zero-order valence-electron chi connectivity index (χ0n) is 9.63. The summed E-state index contributed by atoms with van der Waals surface area (Å²) in [5.41, 5.74) is 0. The summed E-state index contributed by atoms with van der Waals surface area (Å²) in [5, 5.41) is 3.91. The van der Waals surface area contributed by atoms with E-state index in [2.05, 4.69) is 12.0 Å². The average Bonchev–Trinajstić information content (AvgIpc) is 2.65. The maximum absolute atomic E-state index is 12.2. The Bertz CT molecular complexity index is 466. The Morgan fingerprint density at radius 3 is 2.81 bits per heavy atom. The molecule has 1 fully saturated rings. The molecule has 1 aliphatic rings. The molecule has 1 aromatic heterocycles. The molecule has 0 bridgehead atoms. The number of aryl methyl sites for hydroxylation is 1. The summed E-state index contributed by atoms with van der Waals surface area (Å²) in [5.74, 6) is 0.445. The molecule has 0 spiro atoms. The third-order valence-electron chi connectivity index (χ3n) is 2.94. The van der Waals surface area contributed by atoms with Gasteiger partial charge in [-0.3, -0.25) is 4.68 Å². The Morgan fingerprint density at radius 2 is 2.25 bits per heavy atom. The summed E-state index contributed by atoms with van der Waals surface area (Å²) in [4.78, 5) is 0.295. The molecule has 16 heavy (non-hydrogen) atoms. The SMILES string of the molecule is CC1CCCN(S(=O)(=O)c2cnn(C)c2)C1. The molecule has 1 aliphatic heterocycles. The molecule has 1 atom stereocenters. The summed E-state index contributed by atoms with van der Waals surface area (Å²) in [6.07, 6.45) is 5.02. The second kappa shape index (κ2) is 4.18. The van der Waals surface area contributed by atoms with Gasteiger partial charge >= 0.3 is 0 Å². The molecule has 2 rings (SSSR count). The fraction of sp³-hybridized carbons (Fsp3) is 0.700. The van der Waals surface area contributed by atoms with Gasteiger partial charge in [-0.1, -0.05) is 6.92 Å². The zero-order chi connectivity index (χ0) is 11.8. The van der Waals surface area contributed by atoms with Crippen LogP contribution in [0, 0.1) is 5.92 Å². The van der Waals surface area contributed by atoms with Crippen molar-refractivity contribution in [1.29, 1.82) is 0 Å². The maximum atomic E-state index is 12.2. The summed E-state index contributed by atoms with van der Waals surface area (Å²) in [6.45, 7) is 3.34. The third kappa shape index (κ3) is 2.12. The van der Waals surface area contributed by atoms with Crippen LogP contribution in [0.25, 0.3) is 0 Å². The highest BCUT2D eigenvalue weighted by Gasteiger charge is 2.29. The van der Waals surface area contributed by atoms with Crippen LogP contribution in [0.3, 0.4) is 0 Å². The minimum absolute atomic E-state index is 0.295. The van der Waals surface area contributed by atoms with Gasteiger partial charge in [0.2, 0.25) is 10.0 Å². The number of hydrogen-bond donors (Lipinski definition) is 0. The molecule has 1 aromatic rings. The van der Waals surface area contributed by atoms with Gasteiger partial charge in [0.15, 0.2) is 0 Å². The summed E-state index contributed by atoms with van der Waals surface area (Å²) in [6, 6.07) is 0. The number of aromatic nitrogens is 2. The molecule has 0 aromatic carbocycles. The van der Waals surface area contributed by atoms with Crippen LogP contribution in [-0.2, 0) is 17.1 Å². The molecule has 0 aliphatic carbocycles. The van der Waals surface area contributed by atoms with Crippen molar-refractivity contribution in [2.24, 2.45) is 13.0 Å². The number of rotatable bonds is 2. The number of piperidine rings is 1. The summed E-state index contributed by atoms with van der Waals surface area (Å²) < 4.78 is 27.5. The first kappa shape index (κ1) is 11.6. The topological polar surface area (TPSA) is 55.2 Å². The Balaban J connectivity index is 2.25. The second-order valence-corrected chi connectivity index (χ2v) is 6.40. The third-order valence-corrected chi connectivity index (χ3v) is 4.76. The van der Waals surface area contributed by atoms with Crippen LogP contribution in [0.4, 0.5) is 0 Å². The molecular formula is C10H17N3O2S. The molecule has 0 saturated carbocycles. The van der Waals surface area contributed by atoms with E-state index in [-0.39, 0.29) is 0 Å². The number of nitrogens with zero attached hydrogens (tertiary/aromatic N) is 3. The van der Waals surface area contributed by atoms with Crippen LogP contribution >= 0.6 is 0 Å². The van der Waals surface area contributed by atoms with E-state index in [0.29, 0.717) is 23.9 Å². The van der Waals surface area contributed by atoms with E-state index in [1.807, 2.05) is 0 Å². The molecular weight excluding hydrogens is 226 g/mol. The summed E-state index contributed by atoms with van der Waals surface area (Å²) in [7, 11) is -1.60. The van der Waals surface area contributed by atoms with Crippen molar-refractivity contribution in [3.05, 3.63) is 12.4 Å². The fourth-order valence-electron chi connectivity index (χ4n) is 2.05. The molecule has 0 amide bonds. The van der Waals surface area contributed by atoms with E-state index >= 15 is 0 Å². The van der Waals surface area contributed by atoms with Crippen molar-refractivity contribution < 1.29 is 8.42 Å². The summed E-state index contributed by atoms with van der Waals surface area (Å²) >= 11 is 0. The molecule has 1 unspecified atom stereocenters. The minimum atomic E-state index is -3.32. The van der Waals surface area contributed by atoms with Crippen LogP contribution in [0.2, 0.25) is 0 Å². The van der Waals surface area contributed by atoms with Crippen molar-refractivity contribution in [3.8, 4) is 0 Å². The Labute approximate surface area is 96.1 Å². The van der Waals surface area contributed by atoms with E-state index < -0.39 is 10.0 Å². The first-order valence-electron chi connectivity index (χ1n) is 5.49. The minimum Gasteiger partial charge on any atom is -0.274 e. The van der Waals surface area contributed by atoms with Gasteiger partial charge in [0, 0.05) is 26.3 Å². The van der Waals surface area contributed by atoms with Gasteiger partial charge in [0.1, 0.15) is 4.90 Å². The van der Waals surface area contributed by atoms with E-state index in [1.165, 1.54) is 10.9 Å². The normalized spacial score (nSPS) is 23.5. The lowest BCUT2D eigenvalue weighted by Crippen LogP contribution is -2.38. The van der Waals surface area contributed by atoms with Crippen LogP contribution < -0.4 is 0 Å². The molecule has 2 heterocycles. The lowest BCUT2D eigenvalue weighted by Gasteiger charge is -2.29. The highest BCUT2D eigenvalue weighted by Crippen LogP contribution is 2.22. The van der Waals surface area contributed by atoms with Gasteiger partial charge in [0.25, 0.3) is 0 Å². The lowest BCUT2D eigenvalue weighted by atomic mass is 10.0. The predicted octanol–water partition coefficient (Wildman–Crippen LogP) is 0.841. The van der Waals surface area contributed by atoms with Gasteiger partial charge in [0.05, 0.1) is 6.20 Å². The molecule has 90 valence electrons. The molecule has 0 radical (unpaired) electrons. The number of hydrogen-bond acceptors (Lipinski definition) is 3. The van der Waals surface area contributed by atoms with Gasteiger partial charge in [-0.2, -0.15) is 9.40 Å². The first-order valence-corrected chi connectivity index (χ1v) is 6.93. The van der Waals surface area contributed by atoms with Crippen LogP contribution in [0.1, 0.15) is 19.8 Å². The van der Waals surface area contributed by atoms with Gasteiger partial charge in [-0.15, -0.1) is 0 Å². The molecule has 0 N–H and O–H groups in total. The van der Waals surface area contributed by atoms with E-state index in [0.717, 1.165) is 12.8 Å². The molecule has 1 saturated heterocycles. The lowest BCUT2D eigenvalue weighted by molar-refractivity contribution is 0.281. The maximum Gasteiger partial charge on any atom is 0.246 e. The monoisotopic (exact) mass is 243 g/mol. The van der Waals surface area contributed by atoms with Crippen LogP contribution in [0.5, 0.6) is 0 Å². The Morgan fingerprint density at radius 1 is 1.50 bits per heavy atom. The van der Waals surface area contributed by atoms with Gasteiger partial charge in [-0.25, -0.2) is 8.42 Å². The zero-order valence-corrected chi connectivity index (χ0v) is 10.4. The van der Waals surface area contributed by atoms with Crippen molar-refractivity contribution in [2.45, 2.75) is 24.7 Å². The molecule has 5 nitrogen and oxygen atoms in total. The van der Waals surface area contributed by atoms with Crippen molar-refractivity contribution in [2.75, 3.05) is 13.1 Å². The van der Waals surface area contributed by atoms with E-state index in [4.69, 9.17) is 0 Å². The average molecular weight is 243 g/mol. The molecule has 6 heteroatoms. The van der Waals surface area contributed by atoms with Crippen molar-refractivity contribution >= 4 is 10.0 Å². The van der Waals surface area contributed by atoms with Crippen LogP contribution in [0.15, 0.2) is 17.3 Å². The van der Waals surface area contributed by atoms with Crippen LogP contribution in [-0.4, -0.2) is 35.6 Å². The number of sulfonamides is 1. The van der Waals surface area contributed by atoms with Gasteiger partial charge in [-0.05, 0) is 18.8 Å². The van der Waals surface area contributed by atoms with E-state index in [9.17, 15) is 8.42 Å². The van der Waals surface area contributed by atoms with E-state index in [1.54, 1.807) is 17.5 Å². The Kier molecular flexibility index (Phi) is 3.03. The highest BCUT2D eigenvalue weighted by molar-refractivity contribution is 7.89. The Hall–Kier alpha value is -0.880. The van der Waals surface area contributed by atoms with Gasteiger partial charge < -0.3 is 0 Å². The predicted molar refractivity (Wildman–Crippen MR) is 60.4 cm³/mol. The van der Waals surface area contributed by atoms with Crippen molar-refractivity contribution in [1.82, 2.24) is 14.1 Å². The smallest absolute Gasteiger partial charge is 0.246 e. The fourth-order valence-corrected chi connectivity index (χ4v) is 3.63. The quantitative estimate of drug-likeness (QED) is 0.773. The second-order valence-electron chi connectivity index (χ2n) is 4.46. The highest BCUT2D eigenvalue weighted by atomic mass is 32.2.